The van der Waals surface area contributed by atoms with Crippen molar-refractivity contribution in [3.8, 4) is 22.9 Å². The SMILES string of the molecule is Cc1nc(CN(C)C(=O)c2cc(-c3ncco3)cc(-c3nnc(C(C)(N)Cc4ccc(F)cc4)o3)c2)c(C)o1. The largest absolute Gasteiger partial charge is 0.446 e. The minimum atomic E-state index is -1.02. The molecule has 1 unspecified atom stereocenters. The quantitative estimate of drug-likeness (QED) is 0.299. The summed E-state index contributed by atoms with van der Waals surface area (Å²) in [7, 11) is 1.68. The first-order valence-electron chi connectivity index (χ1n) is 12.2. The number of benzene rings is 2. The van der Waals surface area contributed by atoms with Crippen LogP contribution in [0.5, 0.6) is 0 Å². The van der Waals surface area contributed by atoms with E-state index in [9.17, 15) is 9.18 Å². The molecule has 0 bridgehead atoms. The van der Waals surface area contributed by atoms with Gasteiger partial charge in [0, 0.05) is 30.7 Å². The Labute approximate surface area is 223 Å². The highest BCUT2D eigenvalue weighted by molar-refractivity contribution is 5.96. The van der Waals surface area contributed by atoms with Crippen LogP contribution in [0.25, 0.3) is 22.9 Å². The summed E-state index contributed by atoms with van der Waals surface area (Å²) in [5.41, 5.74) is 8.42. The second-order valence-electron chi connectivity index (χ2n) is 9.67. The summed E-state index contributed by atoms with van der Waals surface area (Å²) in [6.45, 7) is 5.59. The zero-order valence-corrected chi connectivity index (χ0v) is 21.9. The minimum Gasteiger partial charge on any atom is -0.446 e. The third-order valence-corrected chi connectivity index (χ3v) is 6.24. The molecule has 0 fully saturated rings. The summed E-state index contributed by atoms with van der Waals surface area (Å²) in [5.74, 6) is 1.31. The van der Waals surface area contributed by atoms with Crippen molar-refractivity contribution in [2.45, 2.75) is 39.3 Å². The van der Waals surface area contributed by atoms with E-state index < -0.39 is 5.54 Å². The Morgan fingerprint density at radius 2 is 1.77 bits per heavy atom. The third-order valence-electron chi connectivity index (χ3n) is 6.24. The van der Waals surface area contributed by atoms with Crippen molar-refractivity contribution >= 4 is 5.91 Å². The number of amides is 1. The van der Waals surface area contributed by atoms with Gasteiger partial charge in [0.05, 0.1) is 18.3 Å². The highest BCUT2D eigenvalue weighted by Gasteiger charge is 2.29. The van der Waals surface area contributed by atoms with Crippen LogP contribution in [0.1, 0.15) is 46.1 Å². The van der Waals surface area contributed by atoms with E-state index in [1.807, 2.05) is 6.92 Å². The number of carbonyl (C=O) groups is 1. The molecule has 1 amide bonds. The van der Waals surface area contributed by atoms with Crippen LogP contribution in [0.2, 0.25) is 0 Å². The number of aromatic nitrogens is 4. The molecule has 0 aliphatic rings. The Morgan fingerprint density at radius 3 is 2.41 bits per heavy atom. The van der Waals surface area contributed by atoms with E-state index in [0.717, 1.165) is 5.56 Å². The summed E-state index contributed by atoms with van der Waals surface area (Å²) in [6.07, 6.45) is 3.32. The zero-order chi connectivity index (χ0) is 27.7. The maximum atomic E-state index is 13.5. The van der Waals surface area contributed by atoms with Gasteiger partial charge in [0.1, 0.15) is 23.5 Å². The molecule has 3 aromatic heterocycles. The Hall–Kier alpha value is -4.64. The summed E-state index contributed by atoms with van der Waals surface area (Å²) in [4.78, 5) is 23.6. The van der Waals surface area contributed by atoms with Gasteiger partial charge < -0.3 is 23.9 Å². The topological polar surface area (TPSA) is 137 Å². The van der Waals surface area contributed by atoms with Crippen LogP contribution in [0, 0.1) is 19.7 Å². The predicted molar refractivity (Wildman–Crippen MR) is 139 cm³/mol. The van der Waals surface area contributed by atoms with E-state index in [1.54, 1.807) is 56.1 Å². The van der Waals surface area contributed by atoms with Crippen LogP contribution >= 0.6 is 0 Å². The second-order valence-corrected chi connectivity index (χ2v) is 9.67. The van der Waals surface area contributed by atoms with Crippen LogP contribution in [0.4, 0.5) is 4.39 Å². The lowest BCUT2D eigenvalue weighted by Gasteiger charge is -2.20. The Balaban J connectivity index is 1.46. The van der Waals surface area contributed by atoms with Crippen LogP contribution < -0.4 is 5.73 Å². The van der Waals surface area contributed by atoms with E-state index in [4.69, 9.17) is 19.0 Å². The summed E-state index contributed by atoms with van der Waals surface area (Å²) in [5, 5.41) is 8.38. The molecule has 2 aromatic carbocycles. The maximum absolute atomic E-state index is 13.5. The highest BCUT2D eigenvalue weighted by atomic mass is 19.1. The monoisotopic (exact) mass is 530 g/mol. The molecule has 5 rings (SSSR count). The number of carbonyl (C=O) groups excluding carboxylic acids is 1. The summed E-state index contributed by atoms with van der Waals surface area (Å²) in [6, 6.07) is 11.2. The van der Waals surface area contributed by atoms with Crippen molar-refractivity contribution in [2.75, 3.05) is 7.05 Å². The number of hydrogen-bond acceptors (Lipinski definition) is 9. The molecule has 1 atom stereocenters. The number of oxazole rings is 2. The fourth-order valence-electron chi connectivity index (χ4n) is 4.27. The van der Waals surface area contributed by atoms with Crippen molar-refractivity contribution < 1.29 is 22.4 Å². The molecule has 0 spiro atoms. The first kappa shape index (κ1) is 26.0. The second kappa shape index (κ2) is 10.3. The molecule has 0 aliphatic heterocycles. The van der Waals surface area contributed by atoms with Crippen molar-refractivity contribution in [3.05, 3.63) is 95.1 Å². The van der Waals surface area contributed by atoms with Gasteiger partial charge in [-0.3, -0.25) is 4.79 Å². The lowest BCUT2D eigenvalue weighted by Crippen LogP contribution is -2.35. The maximum Gasteiger partial charge on any atom is 0.253 e. The lowest BCUT2D eigenvalue weighted by molar-refractivity contribution is 0.0783. The molecule has 3 heterocycles. The van der Waals surface area contributed by atoms with Gasteiger partial charge >= 0.3 is 0 Å². The fourth-order valence-corrected chi connectivity index (χ4v) is 4.27. The average molecular weight is 531 g/mol. The van der Waals surface area contributed by atoms with Crippen molar-refractivity contribution in [3.63, 3.8) is 0 Å². The molecule has 39 heavy (non-hydrogen) atoms. The highest BCUT2D eigenvalue weighted by Crippen LogP contribution is 2.30. The molecule has 11 heteroatoms. The van der Waals surface area contributed by atoms with Crippen LogP contribution in [0.3, 0.4) is 0 Å². The minimum absolute atomic E-state index is 0.175. The van der Waals surface area contributed by atoms with Gasteiger partial charge in [-0.05, 0) is 56.2 Å². The van der Waals surface area contributed by atoms with Crippen LogP contribution in [-0.2, 0) is 18.5 Å². The van der Waals surface area contributed by atoms with Gasteiger partial charge in [-0.25, -0.2) is 14.4 Å². The lowest BCUT2D eigenvalue weighted by atomic mass is 9.94. The van der Waals surface area contributed by atoms with Crippen molar-refractivity contribution in [2.24, 2.45) is 5.73 Å². The van der Waals surface area contributed by atoms with Gasteiger partial charge in [-0.15, -0.1) is 10.2 Å². The van der Waals surface area contributed by atoms with Crippen molar-refractivity contribution in [1.82, 2.24) is 25.1 Å². The first-order chi connectivity index (χ1) is 18.6. The number of nitrogens with zero attached hydrogens (tertiary/aromatic N) is 5. The zero-order valence-electron chi connectivity index (χ0n) is 21.9. The number of aryl methyl sites for hydroxylation is 2. The molecular weight excluding hydrogens is 503 g/mol. The van der Waals surface area contributed by atoms with E-state index >= 15 is 0 Å². The van der Waals surface area contributed by atoms with E-state index in [1.165, 1.54) is 24.6 Å². The van der Waals surface area contributed by atoms with E-state index in [2.05, 4.69) is 20.2 Å². The van der Waals surface area contributed by atoms with Gasteiger partial charge in [-0.2, -0.15) is 0 Å². The number of halogens is 1. The molecular formula is C28H27FN6O4. The van der Waals surface area contributed by atoms with Gasteiger partial charge in [0.25, 0.3) is 5.91 Å². The van der Waals surface area contributed by atoms with Gasteiger partial charge in [-0.1, -0.05) is 12.1 Å². The smallest absolute Gasteiger partial charge is 0.253 e. The molecule has 0 saturated heterocycles. The summed E-state index contributed by atoms with van der Waals surface area (Å²) >= 11 is 0. The van der Waals surface area contributed by atoms with Crippen LogP contribution in [0.15, 0.2) is 68.2 Å². The molecule has 2 N–H and O–H groups in total. The number of nitrogens with two attached hydrogens (primary N) is 1. The normalized spacial score (nSPS) is 12.9. The predicted octanol–water partition coefficient (Wildman–Crippen LogP) is 4.82. The number of hydrogen-bond donors (Lipinski definition) is 1. The first-order valence-corrected chi connectivity index (χ1v) is 12.2. The molecule has 0 saturated carbocycles. The van der Waals surface area contributed by atoms with E-state index in [-0.39, 0.29) is 30.1 Å². The third kappa shape index (κ3) is 5.63. The molecule has 10 nitrogen and oxygen atoms in total. The Bertz CT molecular complexity index is 1610. The summed E-state index contributed by atoms with van der Waals surface area (Å²) < 4.78 is 30.3. The molecule has 5 aromatic rings. The van der Waals surface area contributed by atoms with Gasteiger partial charge in [0.2, 0.25) is 17.7 Å². The Morgan fingerprint density at radius 1 is 1.05 bits per heavy atom. The standard InChI is InChI=1S/C28H27FN6O4/c1-16-23(32-17(2)38-16)15-35(4)26(36)21-12-19(24-31-9-10-37-24)11-20(13-21)25-33-34-27(39-25)28(3,30)14-18-5-7-22(29)8-6-18/h5-13H,14-15,30H2,1-4H3. The molecule has 0 radical (unpaired) electrons. The number of rotatable bonds is 8. The average Bonchev–Trinajstić information content (AvgIpc) is 3.67. The van der Waals surface area contributed by atoms with Crippen LogP contribution in [-0.4, -0.2) is 38.0 Å². The fraction of sp³-hybridized carbons (Fsp3) is 0.250. The Kier molecular flexibility index (Phi) is 6.83. The van der Waals surface area contributed by atoms with E-state index in [0.29, 0.717) is 46.3 Å². The molecule has 200 valence electrons. The van der Waals surface area contributed by atoms with Crippen molar-refractivity contribution in [1.29, 1.82) is 0 Å². The van der Waals surface area contributed by atoms with Gasteiger partial charge in [0.15, 0.2) is 5.89 Å². The molecule has 0 aliphatic carbocycles.